The van der Waals surface area contributed by atoms with Gasteiger partial charge in [0.1, 0.15) is 5.01 Å². The number of likely N-dealkylation sites (N-methyl/N-ethyl adjacent to an activating group) is 2. The monoisotopic (exact) mass is 335 g/mol. The zero-order valence-electron chi connectivity index (χ0n) is 13.8. The molecule has 0 unspecified atom stereocenters. The molecule has 0 atom stereocenters. The second-order valence-corrected chi connectivity index (χ2v) is 5.92. The number of methoxy groups -OCH3 is 2. The average molecular weight is 335 g/mol. The summed E-state index contributed by atoms with van der Waals surface area (Å²) in [6, 6.07) is 5.74. The largest absolute Gasteiger partial charge is 0.493 e. The molecule has 2 rings (SSSR count). The summed E-state index contributed by atoms with van der Waals surface area (Å²) in [7, 11) is 6.75. The van der Waals surface area contributed by atoms with Crippen molar-refractivity contribution in [3.8, 4) is 22.1 Å². The molecule has 0 bridgehead atoms. The molecule has 23 heavy (non-hydrogen) atoms. The highest BCUT2D eigenvalue weighted by Crippen LogP contribution is 2.33. The highest BCUT2D eigenvalue weighted by molar-refractivity contribution is 7.13. The summed E-state index contributed by atoms with van der Waals surface area (Å²) < 4.78 is 10.6. The molecule has 124 valence electrons. The molecule has 1 N–H and O–H groups in total. The predicted molar refractivity (Wildman–Crippen MR) is 91.1 cm³/mol. The number of nitrogens with zero attached hydrogens (tertiary/aromatic N) is 2. The topological polar surface area (TPSA) is 63.7 Å². The molecule has 7 heteroatoms. The van der Waals surface area contributed by atoms with Gasteiger partial charge in [0, 0.05) is 24.5 Å². The van der Waals surface area contributed by atoms with Gasteiger partial charge in [-0.2, -0.15) is 0 Å². The van der Waals surface area contributed by atoms with Crippen LogP contribution in [0.2, 0.25) is 0 Å². The van der Waals surface area contributed by atoms with E-state index in [9.17, 15) is 4.79 Å². The third-order valence-corrected chi connectivity index (χ3v) is 4.25. The molecule has 0 saturated carbocycles. The summed E-state index contributed by atoms with van der Waals surface area (Å²) in [6.45, 7) is 0.969. The number of aromatic nitrogens is 1. The second-order valence-electron chi connectivity index (χ2n) is 5.06. The molecule has 0 radical (unpaired) electrons. The molecule has 1 aromatic carbocycles. The van der Waals surface area contributed by atoms with Crippen LogP contribution < -0.4 is 14.8 Å². The Balaban J connectivity index is 2.11. The van der Waals surface area contributed by atoms with E-state index in [1.54, 1.807) is 32.6 Å². The molecule has 2 aromatic rings. The average Bonchev–Trinajstić information content (AvgIpc) is 3.02. The first-order valence-electron chi connectivity index (χ1n) is 7.13. The minimum atomic E-state index is -0.0113. The Kier molecular flexibility index (Phi) is 5.95. The Morgan fingerprint density at radius 1 is 1.30 bits per heavy atom. The number of carbonyl (C=O) groups is 1. The number of hydrogen-bond acceptors (Lipinski definition) is 6. The molecule has 0 fully saturated rings. The van der Waals surface area contributed by atoms with Crippen molar-refractivity contribution in [2.45, 2.75) is 6.54 Å². The van der Waals surface area contributed by atoms with Crippen LogP contribution in [0, 0.1) is 0 Å². The van der Waals surface area contributed by atoms with Gasteiger partial charge in [0.05, 0.1) is 26.5 Å². The maximum absolute atomic E-state index is 11.4. The van der Waals surface area contributed by atoms with Crippen molar-refractivity contribution >= 4 is 17.2 Å². The fraction of sp³-hybridized carbons (Fsp3) is 0.375. The summed E-state index contributed by atoms with van der Waals surface area (Å²) >= 11 is 1.57. The number of ether oxygens (including phenoxy) is 2. The van der Waals surface area contributed by atoms with Crippen LogP contribution in [0.25, 0.3) is 10.6 Å². The van der Waals surface area contributed by atoms with Crippen molar-refractivity contribution in [3.63, 3.8) is 0 Å². The lowest BCUT2D eigenvalue weighted by Gasteiger charge is -2.13. The van der Waals surface area contributed by atoms with Crippen molar-refractivity contribution in [1.82, 2.24) is 15.2 Å². The summed E-state index contributed by atoms with van der Waals surface area (Å²) in [5.74, 6) is 1.36. The molecular formula is C16H21N3O3S. The van der Waals surface area contributed by atoms with Gasteiger partial charge in [0.2, 0.25) is 5.91 Å². The Labute approximate surface area is 140 Å². The zero-order valence-corrected chi connectivity index (χ0v) is 14.6. The van der Waals surface area contributed by atoms with Crippen LogP contribution in [0.4, 0.5) is 0 Å². The lowest BCUT2D eigenvalue weighted by atomic mass is 10.2. The van der Waals surface area contributed by atoms with E-state index in [1.807, 2.05) is 35.5 Å². The number of carbonyl (C=O) groups excluding carboxylic acids is 1. The summed E-state index contributed by atoms with van der Waals surface area (Å²) in [6.07, 6.45) is 0. The van der Waals surface area contributed by atoms with Crippen molar-refractivity contribution in [2.24, 2.45) is 0 Å². The molecule has 0 aliphatic rings. The van der Waals surface area contributed by atoms with Crippen molar-refractivity contribution in [1.29, 1.82) is 0 Å². The number of amides is 1. The Morgan fingerprint density at radius 3 is 2.70 bits per heavy atom. The standard InChI is InChI=1S/C16H21N3O3S/c1-17-15(20)9-19(2)8-12-10-23-16(18-12)11-5-6-13(21-3)14(7-11)22-4/h5-7,10H,8-9H2,1-4H3,(H,17,20). The van der Waals surface area contributed by atoms with Crippen LogP contribution in [0.15, 0.2) is 23.6 Å². The number of nitrogens with one attached hydrogen (secondary N) is 1. The van der Waals surface area contributed by atoms with Gasteiger partial charge < -0.3 is 14.8 Å². The fourth-order valence-electron chi connectivity index (χ4n) is 2.14. The Hall–Kier alpha value is -2.12. The van der Waals surface area contributed by atoms with E-state index >= 15 is 0 Å². The smallest absolute Gasteiger partial charge is 0.233 e. The number of benzene rings is 1. The third-order valence-electron chi connectivity index (χ3n) is 3.31. The van der Waals surface area contributed by atoms with Gasteiger partial charge in [-0.05, 0) is 25.2 Å². The van der Waals surface area contributed by atoms with Gasteiger partial charge in [-0.25, -0.2) is 4.98 Å². The molecule has 1 heterocycles. The van der Waals surface area contributed by atoms with E-state index < -0.39 is 0 Å². The zero-order chi connectivity index (χ0) is 16.8. The molecule has 0 saturated heterocycles. The fourth-order valence-corrected chi connectivity index (χ4v) is 2.95. The first-order valence-corrected chi connectivity index (χ1v) is 8.01. The number of thiazole rings is 1. The van der Waals surface area contributed by atoms with Crippen LogP contribution >= 0.6 is 11.3 Å². The molecule has 1 aromatic heterocycles. The van der Waals surface area contributed by atoms with Gasteiger partial charge in [-0.15, -0.1) is 11.3 Å². The third kappa shape index (κ3) is 4.43. The van der Waals surface area contributed by atoms with Gasteiger partial charge >= 0.3 is 0 Å². The first kappa shape index (κ1) is 17.2. The highest BCUT2D eigenvalue weighted by Gasteiger charge is 2.11. The van der Waals surface area contributed by atoms with E-state index in [4.69, 9.17) is 9.47 Å². The van der Waals surface area contributed by atoms with Gasteiger partial charge in [-0.1, -0.05) is 0 Å². The van der Waals surface area contributed by atoms with Gasteiger partial charge in [-0.3, -0.25) is 9.69 Å². The number of rotatable bonds is 7. The number of hydrogen-bond donors (Lipinski definition) is 1. The molecule has 0 aliphatic carbocycles. The second kappa shape index (κ2) is 7.94. The van der Waals surface area contributed by atoms with E-state index in [2.05, 4.69) is 10.3 Å². The van der Waals surface area contributed by atoms with Crippen LogP contribution in [0.1, 0.15) is 5.69 Å². The summed E-state index contributed by atoms with van der Waals surface area (Å²) in [5, 5.41) is 5.53. The minimum absolute atomic E-state index is 0.0113. The van der Waals surface area contributed by atoms with E-state index in [1.165, 1.54) is 0 Å². The summed E-state index contributed by atoms with van der Waals surface area (Å²) in [4.78, 5) is 17.9. The van der Waals surface area contributed by atoms with Gasteiger partial charge in [0.25, 0.3) is 0 Å². The molecular weight excluding hydrogens is 314 g/mol. The van der Waals surface area contributed by atoms with Crippen LogP contribution in [0.5, 0.6) is 11.5 Å². The highest BCUT2D eigenvalue weighted by atomic mass is 32.1. The van der Waals surface area contributed by atoms with Gasteiger partial charge in [0.15, 0.2) is 11.5 Å². The SMILES string of the molecule is CNC(=O)CN(C)Cc1csc(-c2ccc(OC)c(OC)c2)n1. The molecule has 6 nitrogen and oxygen atoms in total. The molecule has 0 aliphatic heterocycles. The van der Waals surface area contributed by atoms with Crippen LogP contribution in [-0.2, 0) is 11.3 Å². The molecule has 0 spiro atoms. The summed E-state index contributed by atoms with van der Waals surface area (Å²) in [5.41, 5.74) is 1.92. The van der Waals surface area contributed by atoms with E-state index in [0.717, 1.165) is 16.3 Å². The maximum Gasteiger partial charge on any atom is 0.233 e. The first-order chi connectivity index (χ1) is 11.1. The normalized spacial score (nSPS) is 10.7. The van der Waals surface area contributed by atoms with Crippen LogP contribution in [-0.4, -0.2) is 50.7 Å². The maximum atomic E-state index is 11.4. The minimum Gasteiger partial charge on any atom is -0.493 e. The van der Waals surface area contributed by atoms with Crippen molar-refractivity contribution in [3.05, 3.63) is 29.3 Å². The van der Waals surface area contributed by atoms with Crippen molar-refractivity contribution in [2.75, 3.05) is 34.9 Å². The van der Waals surface area contributed by atoms with E-state index in [-0.39, 0.29) is 5.91 Å². The Morgan fingerprint density at radius 2 is 2.04 bits per heavy atom. The van der Waals surface area contributed by atoms with Crippen LogP contribution in [0.3, 0.4) is 0 Å². The molecule has 1 amide bonds. The van der Waals surface area contributed by atoms with Crippen molar-refractivity contribution < 1.29 is 14.3 Å². The van der Waals surface area contributed by atoms with E-state index in [0.29, 0.717) is 24.6 Å². The quantitative estimate of drug-likeness (QED) is 0.838. The lowest BCUT2D eigenvalue weighted by Crippen LogP contribution is -2.32. The predicted octanol–water partition coefficient (Wildman–Crippen LogP) is 2.01. The Bertz CT molecular complexity index is 672. The lowest BCUT2D eigenvalue weighted by molar-refractivity contribution is -0.121.